The van der Waals surface area contributed by atoms with Gasteiger partial charge in [0, 0.05) is 51.9 Å². The standard InChI is InChI=1S/C18H26N2O3/c1-22-11-10-19-12-15-16(13-19)20(9-8-17(15)23-2)18(21)14-6-4-3-5-7-14/h3-7,15-17H,8-13H2,1-2H3/t15-,16+,17+/m0/s1. The fraction of sp³-hybridized carbons (Fsp3) is 0.611. The Labute approximate surface area is 138 Å². The van der Waals surface area contributed by atoms with Crippen LogP contribution in [0, 0.1) is 5.92 Å². The second-order valence-corrected chi connectivity index (χ2v) is 6.41. The molecule has 126 valence electrons. The SMILES string of the molecule is COCCN1C[C@H]2[C@@H](C1)N(C(=O)c1ccccc1)CC[C@H]2OC. The number of nitrogens with zero attached hydrogens (tertiary/aromatic N) is 2. The molecule has 0 spiro atoms. The predicted octanol–water partition coefficient (Wildman–Crippen LogP) is 1.49. The number of amides is 1. The summed E-state index contributed by atoms with van der Waals surface area (Å²) in [6.45, 7) is 4.29. The van der Waals surface area contributed by atoms with Crippen LogP contribution in [0.3, 0.4) is 0 Å². The second-order valence-electron chi connectivity index (χ2n) is 6.41. The molecule has 2 fully saturated rings. The van der Waals surface area contributed by atoms with Crippen molar-refractivity contribution in [3.05, 3.63) is 35.9 Å². The van der Waals surface area contributed by atoms with Crippen LogP contribution in [0.2, 0.25) is 0 Å². The highest BCUT2D eigenvalue weighted by molar-refractivity contribution is 5.94. The van der Waals surface area contributed by atoms with E-state index in [1.165, 1.54) is 0 Å². The van der Waals surface area contributed by atoms with Gasteiger partial charge in [-0.25, -0.2) is 0 Å². The number of hydrogen-bond acceptors (Lipinski definition) is 4. The van der Waals surface area contributed by atoms with Crippen LogP contribution in [0.15, 0.2) is 30.3 Å². The number of likely N-dealkylation sites (tertiary alicyclic amines) is 2. The molecule has 0 N–H and O–H groups in total. The van der Waals surface area contributed by atoms with Gasteiger partial charge in [0.15, 0.2) is 0 Å². The van der Waals surface area contributed by atoms with Gasteiger partial charge in [-0.2, -0.15) is 0 Å². The molecule has 0 unspecified atom stereocenters. The number of rotatable bonds is 5. The highest BCUT2D eigenvalue weighted by Gasteiger charge is 2.45. The maximum Gasteiger partial charge on any atom is 0.254 e. The largest absolute Gasteiger partial charge is 0.383 e. The van der Waals surface area contributed by atoms with E-state index in [0.717, 1.165) is 44.8 Å². The summed E-state index contributed by atoms with van der Waals surface area (Å²) in [6.07, 6.45) is 1.15. The summed E-state index contributed by atoms with van der Waals surface area (Å²) in [4.78, 5) is 17.3. The van der Waals surface area contributed by atoms with Crippen molar-refractivity contribution in [3.63, 3.8) is 0 Å². The summed E-state index contributed by atoms with van der Waals surface area (Å²) in [5.74, 6) is 0.530. The van der Waals surface area contributed by atoms with Crippen LogP contribution in [0.4, 0.5) is 0 Å². The van der Waals surface area contributed by atoms with Gasteiger partial charge < -0.3 is 14.4 Å². The smallest absolute Gasteiger partial charge is 0.254 e. The summed E-state index contributed by atoms with van der Waals surface area (Å²) in [5.41, 5.74) is 0.775. The Morgan fingerprint density at radius 3 is 2.70 bits per heavy atom. The lowest BCUT2D eigenvalue weighted by Crippen LogP contribution is -2.53. The Bertz CT molecular complexity index is 522. The predicted molar refractivity (Wildman–Crippen MR) is 88.5 cm³/mol. The van der Waals surface area contributed by atoms with Crippen LogP contribution >= 0.6 is 0 Å². The molecule has 3 atom stereocenters. The average molecular weight is 318 g/mol. The van der Waals surface area contributed by atoms with E-state index >= 15 is 0 Å². The highest BCUT2D eigenvalue weighted by Crippen LogP contribution is 2.33. The quantitative estimate of drug-likeness (QED) is 0.825. The zero-order valence-corrected chi connectivity index (χ0v) is 14.0. The zero-order valence-electron chi connectivity index (χ0n) is 14.0. The molecule has 1 amide bonds. The number of hydrogen-bond donors (Lipinski definition) is 0. The van der Waals surface area contributed by atoms with Crippen LogP contribution in [0.25, 0.3) is 0 Å². The van der Waals surface area contributed by atoms with Gasteiger partial charge in [0.1, 0.15) is 0 Å². The number of piperidine rings is 1. The van der Waals surface area contributed by atoms with Crippen molar-refractivity contribution in [2.75, 3.05) is 47.0 Å². The van der Waals surface area contributed by atoms with Crippen molar-refractivity contribution in [2.24, 2.45) is 5.92 Å². The van der Waals surface area contributed by atoms with Crippen molar-refractivity contribution in [2.45, 2.75) is 18.6 Å². The van der Waals surface area contributed by atoms with Gasteiger partial charge in [0.25, 0.3) is 5.91 Å². The van der Waals surface area contributed by atoms with Crippen molar-refractivity contribution in [1.82, 2.24) is 9.80 Å². The summed E-state index contributed by atoms with van der Waals surface area (Å²) in [6, 6.07) is 9.82. The third-order valence-corrected chi connectivity index (χ3v) is 5.14. The van der Waals surface area contributed by atoms with Gasteiger partial charge in [0.2, 0.25) is 0 Å². The first kappa shape index (κ1) is 16.4. The minimum atomic E-state index is 0.142. The van der Waals surface area contributed by atoms with E-state index in [9.17, 15) is 4.79 Å². The lowest BCUT2D eigenvalue weighted by molar-refractivity contribution is -0.0157. The average Bonchev–Trinajstić information content (AvgIpc) is 3.03. The maximum absolute atomic E-state index is 12.9. The molecule has 3 rings (SSSR count). The number of ether oxygens (including phenoxy) is 2. The van der Waals surface area contributed by atoms with E-state index in [0.29, 0.717) is 5.92 Å². The van der Waals surface area contributed by atoms with E-state index < -0.39 is 0 Å². The van der Waals surface area contributed by atoms with Crippen molar-refractivity contribution in [1.29, 1.82) is 0 Å². The van der Waals surface area contributed by atoms with Gasteiger partial charge in [-0.3, -0.25) is 9.69 Å². The first-order valence-corrected chi connectivity index (χ1v) is 8.34. The lowest BCUT2D eigenvalue weighted by Gasteiger charge is -2.41. The zero-order chi connectivity index (χ0) is 16.2. The summed E-state index contributed by atoms with van der Waals surface area (Å²) < 4.78 is 10.9. The fourth-order valence-corrected chi connectivity index (χ4v) is 3.93. The molecular formula is C18H26N2O3. The van der Waals surface area contributed by atoms with Gasteiger partial charge in [-0.15, -0.1) is 0 Å². The van der Waals surface area contributed by atoms with Crippen LogP contribution in [-0.2, 0) is 9.47 Å². The summed E-state index contributed by atoms with van der Waals surface area (Å²) in [7, 11) is 3.51. The topological polar surface area (TPSA) is 42.0 Å². The molecule has 0 aromatic heterocycles. The van der Waals surface area contributed by atoms with Crippen molar-refractivity contribution >= 4 is 5.91 Å². The molecular weight excluding hydrogens is 292 g/mol. The minimum absolute atomic E-state index is 0.142. The molecule has 2 aliphatic rings. The minimum Gasteiger partial charge on any atom is -0.383 e. The van der Waals surface area contributed by atoms with Gasteiger partial charge in [0.05, 0.1) is 18.8 Å². The molecule has 5 heteroatoms. The molecule has 2 aliphatic heterocycles. The van der Waals surface area contributed by atoms with Gasteiger partial charge in [-0.05, 0) is 18.6 Å². The summed E-state index contributed by atoms with van der Waals surface area (Å²) in [5, 5.41) is 0. The monoisotopic (exact) mass is 318 g/mol. The van der Waals surface area contributed by atoms with E-state index in [2.05, 4.69) is 9.80 Å². The van der Waals surface area contributed by atoms with Crippen LogP contribution in [0.1, 0.15) is 16.8 Å². The Morgan fingerprint density at radius 1 is 1.22 bits per heavy atom. The first-order valence-electron chi connectivity index (χ1n) is 8.34. The molecule has 0 bridgehead atoms. The lowest BCUT2D eigenvalue weighted by atomic mass is 9.88. The third kappa shape index (κ3) is 3.42. The molecule has 23 heavy (non-hydrogen) atoms. The number of fused-ring (bicyclic) bond motifs is 1. The van der Waals surface area contributed by atoms with Crippen LogP contribution in [0.5, 0.6) is 0 Å². The molecule has 2 heterocycles. The third-order valence-electron chi connectivity index (χ3n) is 5.14. The maximum atomic E-state index is 12.9. The van der Waals surface area contributed by atoms with Gasteiger partial charge >= 0.3 is 0 Å². The highest BCUT2D eigenvalue weighted by atomic mass is 16.5. The van der Waals surface area contributed by atoms with Crippen LogP contribution in [-0.4, -0.2) is 74.9 Å². The number of carbonyl (C=O) groups excluding carboxylic acids is 1. The molecule has 2 saturated heterocycles. The van der Waals surface area contributed by atoms with Crippen molar-refractivity contribution in [3.8, 4) is 0 Å². The Hall–Kier alpha value is -1.43. The Balaban J connectivity index is 1.76. The second kappa shape index (κ2) is 7.43. The molecule has 1 aromatic rings. The molecule has 0 aliphatic carbocycles. The number of methoxy groups -OCH3 is 2. The fourth-order valence-electron chi connectivity index (χ4n) is 3.93. The molecule has 1 aromatic carbocycles. The summed E-state index contributed by atoms with van der Waals surface area (Å²) >= 11 is 0. The molecule has 5 nitrogen and oxygen atoms in total. The first-order chi connectivity index (χ1) is 11.2. The number of carbonyl (C=O) groups is 1. The normalized spacial score (nSPS) is 27.9. The van der Waals surface area contributed by atoms with E-state index in [1.54, 1.807) is 14.2 Å². The number of benzene rings is 1. The van der Waals surface area contributed by atoms with E-state index in [1.807, 2.05) is 30.3 Å². The molecule has 0 saturated carbocycles. The van der Waals surface area contributed by atoms with E-state index in [4.69, 9.17) is 9.47 Å². The Kier molecular flexibility index (Phi) is 5.30. The van der Waals surface area contributed by atoms with Crippen LogP contribution < -0.4 is 0 Å². The van der Waals surface area contributed by atoms with E-state index in [-0.39, 0.29) is 18.1 Å². The molecule has 0 radical (unpaired) electrons. The van der Waals surface area contributed by atoms with Crippen molar-refractivity contribution < 1.29 is 14.3 Å². The Morgan fingerprint density at radius 2 is 2.00 bits per heavy atom. The van der Waals surface area contributed by atoms with Gasteiger partial charge in [-0.1, -0.05) is 18.2 Å².